The zero-order valence-electron chi connectivity index (χ0n) is 27.1. The van der Waals surface area contributed by atoms with Crippen LogP contribution >= 0.6 is 0 Å². The first-order chi connectivity index (χ1) is 20.0. The van der Waals surface area contributed by atoms with Crippen LogP contribution in [-0.2, 0) is 28.2 Å². The standard InChI is InChI=1S/C40H50NO/c1-9-26-14-13-15-27-16-17-28-29-21-30-31(23-36(29)42-35(28)20-27)39(8,10-2)40(11-3,12-4)41-25-33-32(22-34(30)41)38(7,24-26)19-18-37(33,5)6/h11,16-17,20-23,25-26H,3,9-10,12-15,18-19,24H2,1-2,4-8H3/q+1. The fraction of sp³-hybridized carbons (Fsp3) is 0.525. The highest BCUT2D eigenvalue weighted by molar-refractivity contribution is 6.07. The number of aromatic nitrogens is 1. The Hall–Kier alpha value is -2.87. The van der Waals surface area contributed by atoms with Crippen LogP contribution in [0.2, 0.25) is 0 Å². The zero-order chi connectivity index (χ0) is 29.7. The molecule has 4 aromatic rings. The van der Waals surface area contributed by atoms with Gasteiger partial charge in [0.1, 0.15) is 11.2 Å². The molecule has 0 N–H and O–H groups in total. The van der Waals surface area contributed by atoms with Crippen molar-refractivity contribution in [2.45, 2.75) is 128 Å². The molecule has 2 heteroatoms. The van der Waals surface area contributed by atoms with E-state index in [2.05, 4.69) is 108 Å². The normalized spacial score (nSPS) is 29.8. The van der Waals surface area contributed by atoms with E-state index in [-0.39, 0.29) is 21.8 Å². The molecule has 1 aliphatic heterocycles. The SMILES string of the molecule is C=CC1(CC)[n+]2cc3c4cc2-c2cc5c(cc2C1(C)CC)oc1cc(ccc15)CCCC(CC)CC4(C)CCC3(C)C. The highest BCUT2D eigenvalue weighted by Gasteiger charge is 2.59. The molecule has 0 saturated carbocycles. The van der Waals surface area contributed by atoms with Gasteiger partial charge in [-0.25, -0.2) is 0 Å². The number of allylic oxidation sites excluding steroid dienone is 1. The minimum absolute atomic E-state index is 0.124. The van der Waals surface area contributed by atoms with Crippen LogP contribution in [0.1, 0.15) is 122 Å². The van der Waals surface area contributed by atoms with Gasteiger partial charge >= 0.3 is 0 Å². The number of fused-ring (bicyclic) bond motifs is 5. The number of nitrogens with zero attached hydrogens (tertiary/aromatic N) is 1. The summed E-state index contributed by atoms with van der Waals surface area (Å²) in [5.74, 6) is 0.735. The van der Waals surface area contributed by atoms with Gasteiger partial charge in [0.25, 0.3) is 0 Å². The second-order valence-electron chi connectivity index (χ2n) is 15.2. The topological polar surface area (TPSA) is 17.0 Å². The monoisotopic (exact) mass is 560 g/mol. The van der Waals surface area contributed by atoms with Gasteiger partial charge in [0.2, 0.25) is 5.69 Å². The largest absolute Gasteiger partial charge is 0.456 e. The minimum Gasteiger partial charge on any atom is -0.456 e. The third kappa shape index (κ3) is 3.59. The molecular weight excluding hydrogens is 510 g/mol. The Balaban J connectivity index is 1.64. The molecule has 4 aliphatic rings. The third-order valence-corrected chi connectivity index (χ3v) is 12.7. The second kappa shape index (κ2) is 9.31. The number of benzene rings is 2. The number of pyridine rings is 1. The average molecular weight is 561 g/mol. The van der Waals surface area contributed by atoms with Gasteiger partial charge in [0.15, 0.2) is 11.7 Å². The van der Waals surface area contributed by atoms with E-state index in [1.54, 1.807) is 11.1 Å². The molecule has 0 spiro atoms. The van der Waals surface area contributed by atoms with E-state index in [0.29, 0.717) is 0 Å². The maximum absolute atomic E-state index is 6.68. The van der Waals surface area contributed by atoms with Crippen molar-refractivity contribution < 1.29 is 8.98 Å². The van der Waals surface area contributed by atoms with Crippen LogP contribution in [0, 0.1) is 5.92 Å². The van der Waals surface area contributed by atoms with E-state index in [1.807, 2.05) is 0 Å². The van der Waals surface area contributed by atoms with Crippen molar-refractivity contribution in [1.29, 1.82) is 0 Å². The molecule has 2 aromatic carbocycles. The van der Waals surface area contributed by atoms with Gasteiger partial charge in [0.05, 0.1) is 11.0 Å². The lowest BCUT2D eigenvalue weighted by atomic mass is 9.57. The molecule has 0 radical (unpaired) electrons. The molecule has 4 atom stereocenters. The predicted molar refractivity (Wildman–Crippen MR) is 176 cm³/mol. The van der Waals surface area contributed by atoms with E-state index < -0.39 is 0 Å². The molecule has 2 nitrogen and oxygen atoms in total. The van der Waals surface area contributed by atoms with Crippen molar-refractivity contribution in [2.24, 2.45) is 5.92 Å². The van der Waals surface area contributed by atoms with Gasteiger partial charge in [0, 0.05) is 28.8 Å². The van der Waals surface area contributed by atoms with Crippen LogP contribution in [0.15, 0.2) is 59.7 Å². The van der Waals surface area contributed by atoms with Crippen LogP contribution in [0.5, 0.6) is 0 Å². The zero-order valence-corrected chi connectivity index (χ0v) is 27.1. The van der Waals surface area contributed by atoms with Crippen molar-refractivity contribution >= 4 is 21.9 Å². The molecule has 3 aliphatic carbocycles. The molecule has 2 aromatic heterocycles. The molecule has 42 heavy (non-hydrogen) atoms. The molecule has 7 bridgehead atoms. The van der Waals surface area contributed by atoms with Crippen LogP contribution in [0.4, 0.5) is 0 Å². The molecule has 0 saturated heterocycles. The maximum atomic E-state index is 6.68. The summed E-state index contributed by atoms with van der Waals surface area (Å²) in [6.45, 7) is 21.7. The van der Waals surface area contributed by atoms with Gasteiger partial charge in [-0.05, 0) is 103 Å². The van der Waals surface area contributed by atoms with E-state index in [9.17, 15) is 0 Å². The molecule has 4 unspecified atom stereocenters. The van der Waals surface area contributed by atoms with E-state index in [0.717, 1.165) is 36.3 Å². The Labute approximate surface area is 253 Å². The lowest BCUT2D eigenvalue weighted by molar-refractivity contribution is -0.756. The first kappa shape index (κ1) is 27.9. The fourth-order valence-electron chi connectivity index (χ4n) is 9.60. The number of aryl methyl sites for hydroxylation is 1. The van der Waals surface area contributed by atoms with Gasteiger partial charge in [-0.2, -0.15) is 4.57 Å². The molecule has 8 rings (SSSR count). The maximum Gasteiger partial charge on any atom is 0.213 e. The van der Waals surface area contributed by atoms with Crippen LogP contribution in [0.3, 0.4) is 0 Å². The molecular formula is C40H50NO+. The van der Waals surface area contributed by atoms with Gasteiger partial charge in [-0.3, -0.25) is 0 Å². The first-order valence-electron chi connectivity index (χ1n) is 16.8. The Morgan fingerprint density at radius 3 is 2.40 bits per heavy atom. The van der Waals surface area contributed by atoms with Gasteiger partial charge in [-0.15, -0.1) is 0 Å². The van der Waals surface area contributed by atoms with Crippen LogP contribution in [0.25, 0.3) is 33.2 Å². The van der Waals surface area contributed by atoms with E-state index in [4.69, 9.17) is 4.42 Å². The average Bonchev–Trinajstić information content (AvgIpc) is 3.35. The van der Waals surface area contributed by atoms with E-state index >= 15 is 0 Å². The summed E-state index contributed by atoms with van der Waals surface area (Å²) in [5.41, 5.74) is 10.7. The molecule has 0 fully saturated rings. The Morgan fingerprint density at radius 1 is 0.905 bits per heavy atom. The van der Waals surface area contributed by atoms with E-state index in [1.165, 1.54) is 71.7 Å². The van der Waals surface area contributed by atoms with Crippen LogP contribution in [-0.4, -0.2) is 0 Å². The first-order valence-corrected chi connectivity index (χ1v) is 16.8. The smallest absolute Gasteiger partial charge is 0.213 e. The summed E-state index contributed by atoms with van der Waals surface area (Å²) < 4.78 is 9.35. The molecule has 220 valence electrons. The predicted octanol–water partition coefficient (Wildman–Crippen LogP) is 10.6. The second-order valence-corrected chi connectivity index (χ2v) is 15.2. The summed E-state index contributed by atoms with van der Waals surface area (Å²) in [6.07, 6.45) is 15.6. The number of hydrogen-bond acceptors (Lipinski definition) is 1. The third-order valence-electron chi connectivity index (χ3n) is 12.7. The van der Waals surface area contributed by atoms with Gasteiger partial charge in [-0.1, -0.05) is 73.1 Å². The van der Waals surface area contributed by atoms with Crippen molar-refractivity contribution in [2.75, 3.05) is 0 Å². The highest BCUT2D eigenvalue weighted by atomic mass is 16.3. The molecule has 0 amide bonds. The Morgan fingerprint density at radius 2 is 1.69 bits per heavy atom. The van der Waals surface area contributed by atoms with Crippen molar-refractivity contribution in [3.63, 3.8) is 0 Å². The summed E-state index contributed by atoms with van der Waals surface area (Å²) in [5, 5.41) is 2.47. The lowest BCUT2D eigenvalue weighted by Crippen LogP contribution is -2.68. The number of hydrogen-bond donors (Lipinski definition) is 0. The Kier molecular flexibility index (Phi) is 6.19. The Bertz CT molecular complexity index is 1740. The minimum atomic E-state index is -0.231. The summed E-state index contributed by atoms with van der Waals surface area (Å²) in [4.78, 5) is 0. The molecule has 3 heterocycles. The summed E-state index contributed by atoms with van der Waals surface area (Å²) in [7, 11) is 0. The summed E-state index contributed by atoms with van der Waals surface area (Å²) in [6, 6.07) is 14.5. The lowest BCUT2D eigenvalue weighted by Gasteiger charge is -2.49. The van der Waals surface area contributed by atoms with Crippen molar-refractivity contribution in [1.82, 2.24) is 0 Å². The summed E-state index contributed by atoms with van der Waals surface area (Å²) >= 11 is 0. The number of furan rings is 1. The quantitative estimate of drug-likeness (QED) is 0.179. The van der Waals surface area contributed by atoms with Crippen molar-refractivity contribution in [3.8, 4) is 11.3 Å². The van der Waals surface area contributed by atoms with Crippen LogP contribution < -0.4 is 4.57 Å². The highest BCUT2D eigenvalue weighted by Crippen LogP contribution is 2.55. The van der Waals surface area contributed by atoms with Crippen molar-refractivity contribution in [3.05, 3.63) is 77.5 Å². The number of rotatable bonds is 4. The van der Waals surface area contributed by atoms with Gasteiger partial charge < -0.3 is 4.42 Å². The fourth-order valence-corrected chi connectivity index (χ4v) is 9.60.